The summed E-state index contributed by atoms with van der Waals surface area (Å²) in [5, 5.41) is 14.5. The summed E-state index contributed by atoms with van der Waals surface area (Å²) in [6.07, 6.45) is 3.50. The zero-order valence-corrected chi connectivity index (χ0v) is 25.9. The van der Waals surface area contributed by atoms with Crippen LogP contribution in [0.1, 0.15) is 73.6 Å². The van der Waals surface area contributed by atoms with Crippen molar-refractivity contribution < 1.29 is 28.7 Å². The lowest BCUT2D eigenvalue weighted by Crippen LogP contribution is -2.50. The first-order valence-electron chi connectivity index (χ1n) is 13.4. The molecule has 0 aromatic rings. The number of carbonyl (C=O) groups is 5. The van der Waals surface area contributed by atoms with Gasteiger partial charge in [-0.15, -0.1) is 0 Å². The molecule has 0 aromatic carbocycles. The number of hydrogen-bond donors (Lipinski definition) is 4. The van der Waals surface area contributed by atoms with E-state index in [0.29, 0.717) is 44.6 Å². The zero-order valence-electron chi connectivity index (χ0n) is 25.1. The third kappa shape index (κ3) is 26.9. The lowest BCUT2D eigenvalue weighted by molar-refractivity contribution is -0.154. The summed E-state index contributed by atoms with van der Waals surface area (Å²) in [5.41, 5.74) is -0.640. The van der Waals surface area contributed by atoms with E-state index in [1.807, 2.05) is 0 Å². The largest absolute Gasteiger partial charge is 0.459 e. The van der Waals surface area contributed by atoms with E-state index in [1.54, 1.807) is 58.5 Å². The van der Waals surface area contributed by atoms with E-state index in [9.17, 15) is 24.0 Å². The van der Waals surface area contributed by atoms with E-state index in [4.69, 9.17) is 10.1 Å². The number of nitrogens with zero attached hydrogens (tertiary/aromatic N) is 1. The summed E-state index contributed by atoms with van der Waals surface area (Å²) < 4.78 is 5.19. The second-order valence-electron chi connectivity index (χ2n) is 10.7. The van der Waals surface area contributed by atoms with Gasteiger partial charge in [0.15, 0.2) is 5.78 Å². The maximum atomic E-state index is 12.6. The molecule has 0 saturated carbocycles. The molecule has 1 unspecified atom stereocenters. The van der Waals surface area contributed by atoms with Crippen LogP contribution in [0, 0.1) is 11.3 Å². The van der Waals surface area contributed by atoms with Gasteiger partial charge in [-0.05, 0) is 65.8 Å². The summed E-state index contributed by atoms with van der Waals surface area (Å²) in [4.78, 5) is 60.2. The first-order valence-corrected chi connectivity index (χ1v) is 14.6. The number of Topliss-reactive ketones (excluding diaryl/α,β-unsaturated/α-hetero) is 1. The van der Waals surface area contributed by atoms with Crippen LogP contribution in [-0.2, 0) is 28.7 Å². The normalized spacial score (nSPS) is 11.6. The highest BCUT2D eigenvalue weighted by Crippen LogP contribution is 2.09. The van der Waals surface area contributed by atoms with Gasteiger partial charge in [0.05, 0.1) is 12.8 Å². The summed E-state index contributed by atoms with van der Waals surface area (Å²) in [5.74, 6) is 1.14. The van der Waals surface area contributed by atoms with E-state index < -0.39 is 23.5 Å². The fourth-order valence-corrected chi connectivity index (χ4v) is 3.80. The number of ketones is 1. The molecule has 0 aliphatic rings. The average Bonchev–Trinajstić information content (AvgIpc) is 2.82. The van der Waals surface area contributed by atoms with E-state index in [0.717, 1.165) is 17.7 Å². The number of nitrogens with one attached hydrogen (secondary N) is 4. The van der Waals surface area contributed by atoms with Crippen LogP contribution in [0.15, 0.2) is 0 Å². The lowest BCUT2D eigenvalue weighted by atomic mass is 10.1. The molecule has 1 atom stereocenters. The number of thioether (sulfide) groups is 1. The molecule has 226 valence electrons. The third-order valence-corrected chi connectivity index (χ3v) is 6.01. The average molecular weight is 574 g/mol. The van der Waals surface area contributed by atoms with Crippen molar-refractivity contribution in [1.82, 2.24) is 20.9 Å². The fourth-order valence-electron chi connectivity index (χ4n) is 2.83. The second-order valence-corrected chi connectivity index (χ2v) is 11.8. The molecular weight excluding hydrogens is 522 g/mol. The Bertz CT molecular complexity index is 768. The van der Waals surface area contributed by atoms with Gasteiger partial charge < -0.3 is 31.0 Å². The van der Waals surface area contributed by atoms with Gasteiger partial charge in [-0.2, -0.15) is 11.8 Å². The minimum Gasteiger partial charge on any atom is -0.459 e. The Kier molecular flexibility index (Phi) is 22.2. The summed E-state index contributed by atoms with van der Waals surface area (Å²) in [6.45, 7) is 11.7. The fraction of sp³-hybridized carbons (Fsp3) is 0.778. The molecule has 0 saturated heterocycles. The molecular formula is C27H51N5O6S. The van der Waals surface area contributed by atoms with Crippen molar-refractivity contribution in [3.05, 3.63) is 0 Å². The van der Waals surface area contributed by atoms with Gasteiger partial charge in [-0.1, -0.05) is 20.8 Å². The maximum absolute atomic E-state index is 12.6. The Morgan fingerprint density at radius 2 is 1.67 bits per heavy atom. The predicted molar refractivity (Wildman–Crippen MR) is 157 cm³/mol. The van der Waals surface area contributed by atoms with Crippen LogP contribution in [0.5, 0.6) is 0 Å². The Morgan fingerprint density at radius 3 is 2.15 bits per heavy atom. The van der Waals surface area contributed by atoms with Crippen LogP contribution in [0.25, 0.3) is 0 Å². The number of hydrogen-bond acceptors (Lipinski definition) is 9. The summed E-state index contributed by atoms with van der Waals surface area (Å²) in [6, 6.07) is -0.761. The molecule has 0 aromatic heterocycles. The van der Waals surface area contributed by atoms with Gasteiger partial charge in [0, 0.05) is 25.1 Å². The first kappa shape index (κ1) is 38.7. The standard InChI is InChI=1S/C23H44N4O5S.C4H7NO/c1-17(2)16-33-13-11-19(28)24-12-9-8-10-18(26-20(29)15-27(6)7)22(31)25-14-21(30)32-23(3,4)5;1-2-4(6)3-5/h17-18H,8-16H2,1-7H3,(H,24,28)(H,25,31)(H,26,29);3,5H,2H2,1H3. The SMILES string of the molecule is CC(C)CSCCC(=O)NCCCCC(NC(=O)CN(C)C)C(=O)NCC(=O)OC(C)(C)C.CCC(=O)C=N. The molecule has 0 aliphatic carbocycles. The molecule has 12 heteroatoms. The van der Waals surface area contributed by atoms with Crippen molar-refractivity contribution in [3.63, 3.8) is 0 Å². The molecule has 3 amide bonds. The van der Waals surface area contributed by atoms with Crippen LogP contribution in [0.2, 0.25) is 0 Å². The van der Waals surface area contributed by atoms with Crippen molar-refractivity contribution in [2.45, 2.75) is 85.3 Å². The van der Waals surface area contributed by atoms with Crippen molar-refractivity contribution >= 4 is 47.5 Å². The molecule has 0 radical (unpaired) electrons. The molecule has 0 bridgehead atoms. The topological polar surface area (TPSA) is 158 Å². The molecule has 4 N–H and O–H groups in total. The van der Waals surface area contributed by atoms with Gasteiger partial charge in [0.2, 0.25) is 17.7 Å². The monoisotopic (exact) mass is 573 g/mol. The molecule has 0 aliphatic heterocycles. The number of ether oxygens (including phenoxy) is 1. The number of carbonyl (C=O) groups excluding carboxylic acids is 5. The molecule has 0 spiro atoms. The van der Waals surface area contributed by atoms with Gasteiger partial charge in [-0.3, -0.25) is 24.0 Å². The highest BCUT2D eigenvalue weighted by atomic mass is 32.2. The van der Waals surface area contributed by atoms with Crippen LogP contribution in [-0.4, -0.2) is 97.5 Å². The van der Waals surface area contributed by atoms with Gasteiger partial charge >= 0.3 is 5.97 Å². The molecule has 0 rings (SSSR count). The van der Waals surface area contributed by atoms with Crippen molar-refractivity contribution in [1.29, 1.82) is 5.41 Å². The smallest absolute Gasteiger partial charge is 0.325 e. The Labute approximate surface area is 238 Å². The van der Waals surface area contributed by atoms with Crippen molar-refractivity contribution in [2.24, 2.45) is 5.92 Å². The van der Waals surface area contributed by atoms with E-state index in [2.05, 4.69) is 29.8 Å². The highest BCUT2D eigenvalue weighted by Gasteiger charge is 2.23. The zero-order chi connectivity index (χ0) is 30.4. The number of amides is 3. The van der Waals surface area contributed by atoms with E-state index in [-0.39, 0.29) is 30.7 Å². The van der Waals surface area contributed by atoms with Crippen LogP contribution < -0.4 is 16.0 Å². The molecule has 11 nitrogen and oxygen atoms in total. The van der Waals surface area contributed by atoms with Gasteiger partial charge in [0.1, 0.15) is 18.2 Å². The Morgan fingerprint density at radius 1 is 1.03 bits per heavy atom. The van der Waals surface area contributed by atoms with Crippen LogP contribution in [0.4, 0.5) is 0 Å². The predicted octanol–water partition coefficient (Wildman–Crippen LogP) is 2.17. The number of likely N-dealkylation sites (N-methyl/N-ethyl adjacent to an activating group) is 1. The molecule has 0 heterocycles. The number of esters is 1. The summed E-state index contributed by atoms with van der Waals surface area (Å²) >= 11 is 1.78. The second kappa shape index (κ2) is 22.4. The minimum absolute atomic E-state index is 0.0252. The lowest BCUT2D eigenvalue weighted by Gasteiger charge is -2.21. The van der Waals surface area contributed by atoms with Gasteiger partial charge in [-0.25, -0.2) is 0 Å². The Balaban J connectivity index is 0. The molecule has 0 fully saturated rings. The quantitative estimate of drug-likeness (QED) is 0.110. The third-order valence-electron chi connectivity index (χ3n) is 4.61. The minimum atomic E-state index is -0.761. The highest BCUT2D eigenvalue weighted by molar-refractivity contribution is 7.99. The maximum Gasteiger partial charge on any atom is 0.325 e. The van der Waals surface area contributed by atoms with Gasteiger partial charge in [0.25, 0.3) is 0 Å². The first-order chi connectivity index (χ1) is 18.1. The number of unbranched alkanes of at least 4 members (excludes halogenated alkanes) is 1. The van der Waals surface area contributed by atoms with Crippen LogP contribution >= 0.6 is 11.8 Å². The molecule has 39 heavy (non-hydrogen) atoms. The van der Waals surface area contributed by atoms with Crippen molar-refractivity contribution in [3.8, 4) is 0 Å². The van der Waals surface area contributed by atoms with E-state index >= 15 is 0 Å². The summed E-state index contributed by atoms with van der Waals surface area (Å²) in [7, 11) is 3.53. The van der Waals surface area contributed by atoms with Crippen molar-refractivity contribution in [2.75, 3.05) is 45.2 Å². The van der Waals surface area contributed by atoms with Crippen LogP contribution in [0.3, 0.4) is 0 Å². The number of rotatable bonds is 18. The Hall–Kier alpha value is -2.47. The van der Waals surface area contributed by atoms with E-state index in [1.165, 1.54) is 0 Å².